The molecule has 9 heteroatoms. The fourth-order valence-corrected chi connectivity index (χ4v) is 3.32. The molecule has 9 nitrogen and oxygen atoms in total. The third-order valence-electron chi connectivity index (χ3n) is 4.91. The van der Waals surface area contributed by atoms with Crippen LogP contribution in [0.3, 0.4) is 0 Å². The van der Waals surface area contributed by atoms with Gasteiger partial charge in [-0.2, -0.15) is 9.36 Å². The minimum absolute atomic E-state index is 0.116. The predicted molar refractivity (Wildman–Crippen MR) is 110 cm³/mol. The van der Waals surface area contributed by atoms with Crippen LogP contribution in [0.2, 0.25) is 0 Å². The molecule has 0 radical (unpaired) electrons. The summed E-state index contributed by atoms with van der Waals surface area (Å²) < 4.78 is 79.8. The van der Waals surface area contributed by atoms with Gasteiger partial charge in [-0.3, -0.25) is 9.69 Å². The van der Waals surface area contributed by atoms with Gasteiger partial charge < -0.3 is 9.64 Å². The third kappa shape index (κ3) is 4.40. The quantitative estimate of drug-likeness (QED) is 0.610. The summed E-state index contributed by atoms with van der Waals surface area (Å²) in [5.41, 5.74) is -2.31. The number of carbonyl (C=O) groups is 1. The number of likely N-dealkylation sites (tertiary alicyclic amines) is 1. The summed E-state index contributed by atoms with van der Waals surface area (Å²) in [4.78, 5) is 28.0. The van der Waals surface area contributed by atoms with Crippen LogP contribution in [-0.2, 0) is 22.6 Å². The maximum absolute atomic E-state index is 13.5. The van der Waals surface area contributed by atoms with Crippen LogP contribution in [0.5, 0.6) is 0 Å². The standard InChI is InChI=1S/C20H30N6O3/c1-4-18(27)26(17-9-7-6-8-10-17)20(29-3)11-13-23(14-12-20)15-16-25-19(28)24(5-2)21-22-25/h6-10H,4-5,11-16H2,1-3H3/i1D3,4D2,15D2,16D2. The third-order valence-corrected chi connectivity index (χ3v) is 4.91. The summed E-state index contributed by atoms with van der Waals surface area (Å²) >= 11 is 0. The summed E-state index contributed by atoms with van der Waals surface area (Å²) in [7, 11) is 1.28. The van der Waals surface area contributed by atoms with Crippen molar-refractivity contribution >= 4 is 11.6 Å². The molecule has 3 rings (SSSR count). The van der Waals surface area contributed by atoms with Crippen molar-refractivity contribution in [2.45, 2.75) is 51.8 Å². The molecule has 2 heterocycles. The van der Waals surface area contributed by atoms with Crippen molar-refractivity contribution in [2.24, 2.45) is 0 Å². The first-order valence-electron chi connectivity index (χ1n) is 13.7. The van der Waals surface area contributed by atoms with Gasteiger partial charge in [0.05, 0.1) is 9.24 Å². The number of tetrazole rings is 1. The zero-order valence-corrected chi connectivity index (χ0v) is 16.3. The maximum atomic E-state index is 13.5. The largest absolute Gasteiger partial charge is 0.363 e. The lowest BCUT2D eigenvalue weighted by Gasteiger charge is -2.47. The van der Waals surface area contributed by atoms with E-state index in [-0.39, 0.29) is 38.2 Å². The molecule has 1 aliphatic rings. The SMILES string of the molecule is [2H]C([2H])([2H])C([2H])([2H])C(=O)N(c1ccccc1)C1(OC)CCN(C([2H])([2H])C([2H])([2H])n2nnn(CC)c2=O)CC1. The van der Waals surface area contributed by atoms with Gasteiger partial charge in [-0.25, -0.2) is 4.79 Å². The van der Waals surface area contributed by atoms with E-state index >= 15 is 0 Å². The van der Waals surface area contributed by atoms with Crippen molar-refractivity contribution in [1.29, 1.82) is 0 Å². The van der Waals surface area contributed by atoms with E-state index in [4.69, 9.17) is 17.1 Å². The van der Waals surface area contributed by atoms with E-state index in [0.717, 1.165) is 14.5 Å². The summed E-state index contributed by atoms with van der Waals surface area (Å²) in [6, 6.07) is 7.85. The number of para-hydroxylation sites is 1. The molecule has 1 aromatic carbocycles. The lowest BCUT2D eigenvalue weighted by Crippen LogP contribution is -2.59. The second kappa shape index (κ2) is 9.32. The second-order valence-electron chi connectivity index (χ2n) is 6.45. The number of aromatic nitrogens is 4. The minimum Gasteiger partial charge on any atom is -0.358 e. The molecule has 1 aliphatic heterocycles. The number of carbonyl (C=O) groups excluding carboxylic acids is 1. The van der Waals surface area contributed by atoms with Crippen LogP contribution in [0, 0.1) is 0 Å². The molecule has 1 saturated heterocycles. The van der Waals surface area contributed by atoms with E-state index < -0.39 is 43.5 Å². The second-order valence-corrected chi connectivity index (χ2v) is 6.45. The first-order chi connectivity index (χ1) is 17.5. The van der Waals surface area contributed by atoms with Crippen molar-refractivity contribution in [3.05, 3.63) is 40.8 Å². The van der Waals surface area contributed by atoms with Crippen LogP contribution in [0.4, 0.5) is 5.69 Å². The number of benzene rings is 1. The van der Waals surface area contributed by atoms with Crippen molar-refractivity contribution in [2.75, 3.05) is 31.6 Å². The highest BCUT2D eigenvalue weighted by molar-refractivity contribution is 5.94. The Kier molecular flexibility index (Phi) is 3.93. The Morgan fingerprint density at radius 2 is 1.93 bits per heavy atom. The first kappa shape index (κ1) is 12.2. The lowest BCUT2D eigenvalue weighted by molar-refractivity contribution is -0.128. The Labute approximate surface area is 183 Å². The summed E-state index contributed by atoms with van der Waals surface area (Å²) in [5, 5.41) is 7.07. The van der Waals surface area contributed by atoms with Gasteiger partial charge >= 0.3 is 5.69 Å². The van der Waals surface area contributed by atoms with Gasteiger partial charge in [0.2, 0.25) is 5.91 Å². The van der Waals surface area contributed by atoms with Gasteiger partial charge in [-0.15, -0.1) is 0 Å². The number of piperidine rings is 1. The van der Waals surface area contributed by atoms with Gasteiger partial charge in [0, 0.05) is 67.7 Å². The molecule has 1 aromatic heterocycles. The Morgan fingerprint density at radius 1 is 1.24 bits per heavy atom. The van der Waals surface area contributed by atoms with Crippen molar-refractivity contribution in [1.82, 2.24) is 24.7 Å². The molecule has 2 aromatic rings. The molecule has 0 atom stereocenters. The molecule has 1 fully saturated rings. The van der Waals surface area contributed by atoms with Crippen LogP contribution in [0.1, 0.15) is 45.3 Å². The first-order valence-corrected chi connectivity index (χ1v) is 9.21. The topological polar surface area (TPSA) is 85.5 Å². The van der Waals surface area contributed by atoms with Crippen LogP contribution in [0.15, 0.2) is 35.1 Å². The molecule has 1 amide bonds. The van der Waals surface area contributed by atoms with Crippen molar-refractivity contribution in [3.63, 3.8) is 0 Å². The molecule has 0 saturated carbocycles. The molecule has 158 valence electrons. The highest BCUT2D eigenvalue weighted by Crippen LogP contribution is 2.34. The fourth-order valence-electron chi connectivity index (χ4n) is 3.32. The summed E-state index contributed by atoms with van der Waals surface area (Å²) in [6.07, 6.45) is -3.52. The fraction of sp³-hybridized carbons (Fsp3) is 0.600. The van der Waals surface area contributed by atoms with Crippen LogP contribution >= 0.6 is 0 Å². The molecule has 0 unspecified atom stereocenters. The Balaban J connectivity index is 1.97. The average Bonchev–Trinajstić information content (AvgIpc) is 3.25. The average molecular weight is 412 g/mol. The van der Waals surface area contributed by atoms with E-state index in [1.165, 1.54) is 19.2 Å². The molecular formula is C20H30N6O3. The zero-order chi connectivity index (χ0) is 28.7. The maximum Gasteiger partial charge on any atom is 0.363 e. The van der Waals surface area contributed by atoms with Crippen LogP contribution in [-0.4, -0.2) is 63.0 Å². The number of hydrogen-bond acceptors (Lipinski definition) is 6. The van der Waals surface area contributed by atoms with E-state index in [0.29, 0.717) is 4.68 Å². The zero-order valence-electron chi connectivity index (χ0n) is 25.3. The normalized spacial score (nSPS) is 23.2. The van der Waals surface area contributed by atoms with Gasteiger partial charge in [-0.1, -0.05) is 25.1 Å². The number of ether oxygens (including phenoxy) is 1. The number of amides is 1. The van der Waals surface area contributed by atoms with Gasteiger partial charge in [0.25, 0.3) is 0 Å². The number of anilines is 1. The Bertz CT molecular complexity index is 1190. The van der Waals surface area contributed by atoms with Crippen molar-refractivity contribution in [3.8, 4) is 0 Å². The van der Waals surface area contributed by atoms with Gasteiger partial charge in [-0.05, 0) is 29.5 Å². The number of rotatable bonds is 8. The van der Waals surface area contributed by atoms with E-state index in [1.54, 1.807) is 25.1 Å². The highest BCUT2D eigenvalue weighted by Gasteiger charge is 2.43. The lowest BCUT2D eigenvalue weighted by atomic mass is 9.96. The Hall–Kier alpha value is -2.52. The number of nitrogens with zero attached hydrogens (tertiary/aromatic N) is 6. The molecule has 0 aliphatic carbocycles. The number of aryl methyl sites for hydroxylation is 2. The molecular weight excluding hydrogens is 372 g/mol. The van der Waals surface area contributed by atoms with Crippen LogP contribution < -0.4 is 10.6 Å². The molecule has 0 N–H and O–H groups in total. The monoisotopic (exact) mass is 411 g/mol. The number of hydrogen-bond donors (Lipinski definition) is 0. The van der Waals surface area contributed by atoms with E-state index in [9.17, 15) is 9.59 Å². The molecule has 29 heavy (non-hydrogen) atoms. The van der Waals surface area contributed by atoms with Crippen LogP contribution in [0.25, 0.3) is 0 Å². The summed E-state index contributed by atoms with van der Waals surface area (Å²) in [6.45, 7) is -7.63. The van der Waals surface area contributed by atoms with Gasteiger partial charge in [0.15, 0.2) is 0 Å². The summed E-state index contributed by atoms with van der Waals surface area (Å²) in [5.74, 6) is -1.35. The van der Waals surface area contributed by atoms with E-state index in [1.807, 2.05) is 0 Å². The number of methoxy groups -OCH3 is 1. The molecule has 0 spiro atoms. The highest BCUT2D eigenvalue weighted by atomic mass is 16.5. The minimum atomic E-state index is -3.27. The van der Waals surface area contributed by atoms with E-state index in [2.05, 4.69) is 10.4 Å². The molecule has 0 bridgehead atoms. The Morgan fingerprint density at radius 3 is 2.52 bits per heavy atom. The van der Waals surface area contributed by atoms with Crippen molar-refractivity contribution < 1.29 is 21.9 Å². The van der Waals surface area contributed by atoms with Gasteiger partial charge in [0.1, 0.15) is 5.72 Å². The predicted octanol–water partition coefficient (Wildman–Crippen LogP) is 1.34. The smallest absolute Gasteiger partial charge is 0.358 e.